The van der Waals surface area contributed by atoms with Gasteiger partial charge in [0, 0.05) is 29.2 Å². The van der Waals surface area contributed by atoms with Crippen molar-refractivity contribution in [1.29, 1.82) is 0 Å². The Morgan fingerprint density at radius 2 is 1.69 bits per heavy atom. The molecule has 12 heteroatoms. The number of hydrogen-bond acceptors (Lipinski definition) is 12. The molecule has 0 bridgehead atoms. The van der Waals surface area contributed by atoms with E-state index in [1.54, 1.807) is 0 Å². The number of aliphatic hydroxyl groups is 5. The Balaban J connectivity index is 1.80. The van der Waals surface area contributed by atoms with Crippen LogP contribution in [-0.4, -0.2) is 78.6 Å². The van der Waals surface area contributed by atoms with E-state index in [1.165, 1.54) is 26.0 Å². The first-order valence-electron chi connectivity index (χ1n) is 10.8. The lowest BCUT2D eigenvalue weighted by Crippen LogP contribution is -2.66. The number of carbonyl (C=O) groups is 3. The zero-order valence-corrected chi connectivity index (χ0v) is 19.4. The molecular weight excluding hydrogens is 480 g/mol. The van der Waals surface area contributed by atoms with Crippen molar-refractivity contribution in [2.45, 2.75) is 57.8 Å². The van der Waals surface area contributed by atoms with E-state index in [9.17, 15) is 45.0 Å². The summed E-state index contributed by atoms with van der Waals surface area (Å²) in [6.07, 6.45) is -6.90. The summed E-state index contributed by atoms with van der Waals surface area (Å²) in [5, 5.41) is 60.9. The van der Waals surface area contributed by atoms with Gasteiger partial charge in [0.15, 0.2) is 17.7 Å². The highest BCUT2D eigenvalue weighted by Crippen LogP contribution is 2.42. The number of esters is 1. The van der Waals surface area contributed by atoms with Crippen LogP contribution in [-0.2, 0) is 16.1 Å². The Morgan fingerprint density at radius 1 is 1.06 bits per heavy atom. The predicted octanol–water partition coefficient (Wildman–Crippen LogP) is -0.580. The Morgan fingerprint density at radius 3 is 2.31 bits per heavy atom. The molecule has 12 nitrogen and oxygen atoms in total. The molecule has 2 aromatic rings. The third-order valence-electron chi connectivity index (χ3n) is 6.24. The topological polar surface area (TPSA) is 200 Å². The first-order chi connectivity index (χ1) is 16.8. The summed E-state index contributed by atoms with van der Waals surface area (Å²) in [6, 6.07) is 3.53. The van der Waals surface area contributed by atoms with E-state index in [-0.39, 0.29) is 44.9 Å². The summed E-state index contributed by atoms with van der Waals surface area (Å²) in [6.45, 7) is 3.15. The van der Waals surface area contributed by atoms with E-state index in [1.807, 2.05) is 0 Å². The van der Waals surface area contributed by atoms with E-state index >= 15 is 0 Å². The van der Waals surface area contributed by atoms with Crippen LogP contribution in [0.4, 0.5) is 0 Å². The summed E-state index contributed by atoms with van der Waals surface area (Å²) >= 11 is 0. The highest BCUT2D eigenvalue weighted by Gasteiger charge is 2.54. The average molecular weight is 504 g/mol. The van der Waals surface area contributed by atoms with Gasteiger partial charge in [-0.15, -0.1) is 0 Å². The fourth-order valence-corrected chi connectivity index (χ4v) is 4.31. The molecule has 1 saturated heterocycles. The quantitative estimate of drug-likeness (QED) is 0.150. The number of hydrogen-bond donors (Lipinski definition) is 6. The molecule has 6 N–H and O–H groups in total. The molecule has 192 valence electrons. The summed E-state index contributed by atoms with van der Waals surface area (Å²) in [4.78, 5) is 38.1. The van der Waals surface area contributed by atoms with Crippen molar-refractivity contribution in [3.63, 3.8) is 0 Å². The standard InChI is InChI=1S/C24H24O12/c1-8-15(36-23-22(31)24(32,33)21(30)9(2)34-23)6-14-17(18(8)27)20(29)16-11(7-25)4-12(35-10(3)26)5-13(16)19(14)28/h4-6,9,21-23,25,27,30-33H,7H2,1-3H3/t9-,21+,22-,23-/m0/s1. The first-order valence-corrected chi connectivity index (χ1v) is 10.8. The van der Waals surface area contributed by atoms with Gasteiger partial charge >= 0.3 is 5.97 Å². The number of aliphatic hydroxyl groups excluding tert-OH is 3. The van der Waals surface area contributed by atoms with E-state index < -0.39 is 60.3 Å². The SMILES string of the molecule is CC(=O)Oc1cc(CO)c2c(c1)C(=O)c1cc(O[C@@H]3O[C@@H](C)[C@@H](O)C(O)(O)[C@H]3O)c(C)c(O)c1C2=O. The maximum Gasteiger partial charge on any atom is 0.308 e. The van der Waals surface area contributed by atoms with E-state index in [2.05, 4.69) is 0 Å². The summed E-state index contributed by atoms with van der Waals surface area (Å²) in [5.41, 5.74) is -0.990. The first kappa shape index (κ1) is 25.7. The van der Waals surface area contributed by atoms with Gasteiger partial charge in [-0.2, -0.15) is 0 Å². The molecule has 0 unspecified atom stereocenters. The Hall–Kier alpha value is -3.39. The van der Waals surface area contributed by atoms with Gasteiger partial charge in [-0.1, -0.05) is 0 Å². The largest absolute Gasteiger partial charge is 0.507 e. The molecule has 0 radical (unpaired) electrons. The molecule has 2 aromatic carbocycles. The fourth-order valence-electron chi connectivity index (χ4n) is 4.31. The maximum atomic E-state index is 13.4. The number of phenols is 1. The highest BCUT2D eigenvalue weighted by atomic mass is 16.7. The second-order valence-electron chi connectivity index (χ2n) is 8.69. The summed E-state index contributed by atoms with van der Waals surface area (Å²) in [5.74, 6) is -6.10. The molecule has 0 spiro atoms. The minimum atomic E-state index is -2.98. The molecule has 1 fully saturated rings. The van der Waals surface area contributed by atoms with Crippen molar-refractivity contribution in [2.75, 3.05) is 0 Å². The zero-order valence-electron chi connectivity index (χ0n) is 19.4. The normalized spacial score (nSPS) is 24.7. The number of aromatic hydroxyl groups is 1. The van der Waals surface area contributed by atoms with Crippen molar-refractivity contribution in [3.05, 3.63) is 51.6 Å². The number of phenolic OH excluding ortho intramolecular Hbond substituents is 1. The van der Waals surface area contributed by atoms with Crippen LogP contribution >= 0.6 is 0 Å². The van der Waals surface area contributed by atoms with Crippen LogP contribution in [0.25, 0.3) is 0 Å². The fraction of sp³-hybridized carbons (Fsp3) is 0.375. The van der Waals surface area contributed by atoms with Crippen molar-refractivity contribution in [2.24, 2.45) is 0 Å². The number of rotatable bonds is 4. The number of ether oxygens (including phenoxy) is 3. The second kappa shape index (κ2) is 8.92. The maximum absolute atomic E-state index is 13.4. The van der Waals surface area contributed by atoms with Crippen LogP contribution in [0.2, 0.25) is 0 Å². The molecule has 36 heavy (non-hydrogen) atoms. The number of carbonyl (C=O) groups excluding carboxylic acids is 3. The highest BCUT2D eigenvalue weighted by molar-refractivity contribution is 6.30. The number of benzene rings is 2. The molecule has 4 atom stereocenters. The molecule has 2 aliphatic rings. The molecule has 0 saturated carbocycles. The second-order valence-corrected chi connectivity index (χ2v) is 8.69. The minimum Gasteiger partial charge on any atom is -0.507 e. The monoisotopic (exact) mass is 504 g/mol. The molecule has 4 rings (SSSR count). The van der Waals surface area contributed by atoms with Gasteiger partial charge in [0.05, 0.1) is 18.3 Å². The number of ketones is 2. The van der Waals surface area contributed by atoms with Gasteiger partial charge < -0.3 is 44.8 Å². The number of fused-ring (bicyclic) bond motifs is 2. The lowest BCUT2D eigenvalue weighted by Gasteiger charge is -2.43. The lowest BCUT2D eigenvalue weighted by atomic mass is 9.80. The van der Waals surface area contributed by atoms with Gasteiger partial charge in [0.2, 0.25) is 12.1 Å². The van der Waals surface area contributed by atoms with Crippen LogP contribution in [0.15, 0.2) is 18.2 Å². The van der Waals surface area contributed by atoms with Crippen LogP contribution in [0.1, 0.15) is 56.8 Å². The van der Waals surface area contributed by atoms with Gasteiger partial charge in [-0.05, 0) is 37.6 Å². The van der Waals surface area contributed by atoms with Crippen LogP contribution in [0, 0.1) is 6.92 Å². The van der Waals surface area contributed by atoms with Crippen molar-refractivity contribution in [3.8, 4) is 17.2 Å². The van der Waals surface area contributed by atoms with Crippen molar-refractivity contribution >= 4 is 17.5 Å². The third kappa shape index (κ3) is 3.93. The molecule has 0 aromatic heterocycles. The van der Waals surface area contributed by atoms with Gasteiger partial charge in [0.25, 0.3) is 0 Å². The van der Waals surface area contributed by atoms with Gasteiger partial charge in [-0.25, -0.2) is 0 Å². The van der Waals surface area contributed by atoms with E-state index in [4.69, 9.17) is 14.2 Å². The van der Waals surface area contributed by atoms with Crippen LogP contribution in [0.3, 0.4) is 0 Å². The Labute approximate surface area is 203 Å². The Bertz CT molecular complexity index is 1280. The molecule has 1 heterocycles. The smallest absolute Gasteiger partial charge is 0.308 e. The van der Waals surface area contributed by atoms with Gasteiger partial charge in [-0.3, -0.25) is 14.4 Å². The molecule has 0 amide bonds. The molecule has 1 aliphatic carbocycles. The average Bonchev–Trinajstić information content (AvgIpc) is 2.81. The van der Waals surface area contributed by atoms with Gasteiger partial charge in [0.1, 0.15) is 23.4 Å². The zero-order chi connectivity index (χ0) is 26.7. The third-order valence-corrected chi connectivity index (χ3v) is 6.24. The Kier molecular flexibility index (Phi) is 6.37. The summed E-state index contributed by atoms with van der Waals surface area (Å²) in [7, 11) is 0. The van der Waals surface area contributed by atoms with E-state index in [0.29, 0.717) is 0 Å². The lowest BCUT2D eigenvalue weighted by molar-refractivity contribution is -0.371. The predicted molar refractivity (Wildman–Crippen MR) is 118 cm³/mol. The van der Waals surface area contributed by atoms with E-state index in [0.717, 1.165) is 13.0 Å². The minimum absolute atomic E-state index is 0.0126. The van der Waals surface area contributed by atoms with Crippen LogP contribution < -0.4 is 9.47 Å². The van der Waals surface area contributed by atoms with Crippen LogP contribution in [0.5, 0.6) is 17.2 Å². The molecular formula is C24H24O12. The van der Waals surface area contributed by atoms with Crippen molar-refractivity contribution < 1.29 is 59.2 Å². The summed E-state index contributed by atoms with van der Waals surface area (Å²) < 4.78 is 15.9. The molecule has 1 aliphatic heterocycles. The van der Waals surface area contributed by atoms with Crippen molar-refractivity contribution in [1.82, 2.24) is 0 Å².